The lowest BCUT2D eigenvalue weighted by atomic mass is 10.0. The van der Waals surface area contributed by atoms with Crippen molar-refractivity contribution in [3.05, 3.63) is 61.5 Å². The van der Waals surface area contributed by atoms with Crippen LogP contribution >= 0.6 is 0 Å². The number of rotatable bonds is 8. The van der Waals surface area contributed by atoms with Crippen LogP contribution in [-0.4, -0.2) is 34.4 Å². The van der Waals surface area contributed by atoms with Crippen LogP contribution in [0.4, 0.5) is 11.4 Å². The number of hydrogen-bond donors (Lipinski definition) is 3. The number of nitrogens with zero attached hydrogens (tertiary/aromatic N) is 3. The van der Waals surface area contributed by atoms with E-state index < -0.39 is 10.9 Å². The summed E-state index contributed by atoms with van der Waals surface area (Å²) in [6.45, 7) is 2.24. The van der Waals surface area contributed by atoms with Gasteiger partial charge in [0.05, 0.1) is 0 Å². The van der Waals surface area contributed by atoms with Crippen LogP contribution < -0.4 is 26.6 Å². The molecule has 0 aliphatic carbocycles. The fraction of sp³-hybridized carbons (Fsp3) is 0.235. The summed E-state index contributed by atoms with van der Waals surface area (Å²) in [5, 5.41) is 22.7. The fourth-order valence-corrected chi connectivity index (χ4v) is 2.54. The van der Waals surface area contributed by atoms with Crippen LogP contribution in [0.2, 0.25) is 0 Å². The van der Waals surface area contributed by atoms with E-state index in [1.54, 1.807) is 0 Å². The Hall–Kier alpha value is -3.69. The van der Waals surface area contributed by atoms with Gasteiger partial charge in [-0.3, -0.25) is 9.59 Å². The van der Waals surface area contributed by atoms with Crippen molar-refractivity contribution < 1.29 is 14.6 Å². The molecule has 0 bridgehead atoms. The third kappa shape index (κ3) is 3.78. The van der Waals surface area contributed by atoms with E-state index in [9.17, 15) is 14.8 Å². The molecule has 4 N–H and O–H groups in total. The summed E-state index contributed by atoms with van der Waals surface area (Å²) >= 11 is 0. The molecule has 0 spiro atoms. The van der Waals surface area contributed by atoms with E-state index in [-0.39, 0.29) is 41.8 Å². The molecule has 140 valence electrons. The lowest BCUT2D eigenvalue weighted by Crippen LogP contribution is -2.37. The summed E-state index contributed by atoms with van der Waals surface area (Å²) in [4.78, 5) is 22.3. The maximum Gasteiger partial charge on any atom is 0.285 e. The average Bonchev–Trinajstić information content (AvgIpc) is 3.13. The highest BCUT2D eigenvalue weighted by atomic mass is 16.6. The number of nitrogens with two attached hydrogens (primary N) is 1. The first kappa shape index (κ1) is 18.1. The number of nitrogen functional groups attached to an aromatic ring is 1. The number of aromatic nitrogens is 2. The zero-order valence-electron chi connectivity index (χ0n) is 14.4. The number of aryl methyl sites for hydroxylation is 1. The van der Waals surface area contributed by atoms with Gasteiger partial charge in [-0.25, -0.2) is 4.63 Å². The third-order valence-corrected chi connectivity index (χ3v) is 3.90. The minimum atomic E-state index is -0.693. The molecule has 0 unspecified atom stereocenters. The third-order valence-electron chi connectivity index (χ3n) is 3.90. The molecular weight excluding hydrogens is 354 g/mol. The second kappa shape index (κ2) is 7.68. The molecule has 3 aromatic rings. The van der Waals surface area contributed by atoms with Gasteiger partial charge in [0.2, 0.25) is 0 Å². The first-order valence-electron chi connectivity index (χ1n) is 8.06. The zero-order valence-corrected chi connectivity index (χ0v) is 14.4. The molecular formula is C17H17N5O5. The fourth-order valence-electron chi connectivity index (χ4n) is 2.54. The molecule has 1 aromatic heterocycles. The highest BCUT2D eigenvalue weighted by Gasteiger charge is 2.20. The monoisotopic (exact) mass is 371 g/mol. The Morgan fingerprint density at radius 2 is 2.15 bits per heavy atom. The first-order chi connectivity index (χ1) is 13.0. The minimum Gasteiger partial charge on any atom is -0.472 e. The summed E-state index contributed by atoms with van der Waals surface area (Å²) in [7, 11) is 0. The summed E-state index contributed by atoms with van der Waals surface area (Å²) in [6.07, 6.45) is 0.307. The second-order valence-electron chi connectivity index (χ2n) is 5.85. The van der Waals surface area contributed by atoms with Crippen molar-refractivity contribution in [3.8, 4) is 5.88 Å². The Balaban J connectivity index is 1.61. The van der Waals surface area contributed by atoms with Gasteiger partial charge in [0.15, 0.2) is 5.69 Å². The quantitative estimate of drug-likeness (QED) is 0.168. The number of hydrogen-bond acceptors (Lipinski definition) is 10. The van der Waals surface area contributed by atoms with Gasteiger partial charge in [-0.2, -0.15) is 0 Å². The van der Waals surface area contributed by atoms with E-state index in [1.165, 1.54) is 0 Å². The number of ether oxygens (including phenoxy) is 1. The molecule has 10 nitrogen and oxygen atoms in total. The van der Waals surface area contributed by atoms with Crippen molar-refractivity contribution in [2.45, 2.75) is 13.3 Å². The standard InChI is InChI=1S/C17H17N5O5/c1-9-3-2-4-10(7-9)8-11(20-25)13-17(22-27-21-13)26-6-5-19-14-12(18)15(23)16(14)24/h2-4,7,19,25H,5-6,8,18H2,1H3. The Labute approximate surface area is 152 Å². The summed E-state index contributed by atoms with van der Waals surface area (Å²) in [5.74, 6) is 0.0511. The molecule has 0 radical (unpaired) electrons. The van der Waals surface area contributed by atoms with E-state index in [1.807, 2.05) is 31.2 Å². The molecule has 0 aliphatic heterocycles. The van der Waals surface area contributed by atoms with Gasteiger partial charge in [0.25, 0.3) is 16.7 Å². The first-order valence-corrected chi connectivity index (χ1v) is 8.06. The molecule has 0 atom stereocenters. The zero-order chi connectivity index (χ0) is 19.4. The van der Waals surface area contributed by atoms with Crippen molar-refractivity contribution in [2.75, 3.05) is 24.2 Å². The average molecular weight is 371 g/mol. The molecule has 1 heterocycles. The van der Waals surface area contributed by atoms with Gasteiger partial charge < -0.3 is 21.0 Å². The van der Waals surface area contributed by atoms with Crippen LogP contribution in [0.15, 0.2) is 43.6 Å². The Morgan fingerprint density at radius 3 is 2.85 bits per heavy atom. The van der Waals surface area contributed by atoms with Gasteiger partial charge in [-0.15, -0.1) is 0 Å². The Bertz CT molecular complexity index is 1050. The number of nitrogens with one attached hydrogen (secondary N) is 1. The van der Waals surface area contributed by atoms with Gasteiger partial charge in [0, 0.05) is 13.0 Å². The minimum absolute atomic E-state index is 0.0511. The smallest absolute Gasteiger partial charge is 0.285 e. The van der Waals surface area contributed by atoms with E-state index in [4.69, 9.17) is 10.5 Å². The van der Waals surface area contributed by atoms with Gasteiger partial charge in [-0.05, 0) is 22.8 Å². The normalized spacial score (nSPS) is 11.7. The van der Waals surface area contributed by atoms with E-state index in [0.717, 1.165) is 11.1 Å². The van der Waals surface area contributed by atoms with Crippen LogP contribution in [0.5, 0.6) is 5.88 Å². The van der Waals surface area contributed by atoms with Crippen LogP contribution in [0.1, 0.15) is 16.8 Å². The lowest BCUT2D eigenvalue weighted by molar-refractivity contribution is 0.261. The molecule has 27 heavy (non-hydrogen) atoms. The largest absolute Gasteiger partial charge is 0.472 e. The number of oxime groups is 1. The highest BCUT2D eigenvalue weighted by molar-refractivity contribution is 6.01. The van der Waals surface area contributed by atoms with Crippen molar-refractivity contribution >= 4 is 17.1 Å². The van der Waals surface area contributed by atoms with Crippen LogP contribution in [-0.2, 0) is 6.42 Å². The number of anilines is 2. The molecule has 0 fully saturated rings. The van der Waals surface area contributed by atoms with E-state index in [0.29, 0.717) is 6.42 Å². The van der Waals surface area contributed by atoms with E-state index >= 15 is 0 Å². The summed E-state index contributed by atoms with van der Waals surface area (Å²) in [6, 6.07) is 7.71. The second-order valence-corrected chi connectivity index (χ2v) is 5.85. The predicted octanol–water partition coefficient (Wildman–Crippen LogP) is 0.468. The van der Waals surface area contributed by atoms with E-state index in [2.05, 4.69) is 25.4 Å². The Morgan fingerprint density at radius 1 is 1.33 bits per heavy atom. The molecule has 3 rings (SSSR count). The maximum atomic E-state index is 11.3. The lowest BCUT2D eigenvalue weighted by Gasteiger charge is -2.10. The van der Waals surface area contributed by atoms with Gasteiger partial charge in [0.1, 0.15) is 23.7 Å². The molecule has 0 saturated heterocycles. The van der Waals surface area contributed by atoms with Crippen molar-refractivity contribution in [1.29, 1.82) is 0 Å². The van der Waals surface area contributed by atoms with Crippen molar-refractivity contribution in [2.24, 2.45) is 5.16 Å². The number of benzene rings is 1. The van der Waals surface area contributed by atoms with Gasteiger partial charge >= 0.3 is 0 Å². The molecule has 0 aliphatic rings. The molecule has 2 aromatic carbocycles. The van der Waals surface area contributed by atoms with Crippen LogP contribution in [0, 0.1) is 6.92 Å². The SMILES string of the molecule is Cc1cccc(CC(=NO)c2nonc2OCCNc2c(N)c(=O)c2=O)c1. The van der Waals surface area contributed by atoms with Crippen molar-refractivity contribution in [3.63, 3.8) is 0 Å². The highest BCUT2D eigenvalue weighted by Crippen LogP contribution is 2.17. The summed E-state index contributed by atoms with van der Waals surface area (Å²) in [5.41, 5.74) is 6.48. The molecule has 10 heteroatoms. The predicted molar refractivity (Wildman–Crippen MR) is 97.3 cm³/mol. The Kier molecular flexibility index (Phi) is 5.15. The van der Waals surface area contributed by atoms with Crippen molar-refractivity contribution in [1.82, 2.24) is 10.3 Å². The maximum absolute atomic E-state index is 11.3. The molecule has 0 saturated carbocycles. The molecule has 0 amide bonds. The van der Waals surface area contributed by atoms with Crippen LogP contribution in [0.3, 0.4) is 0 Å². The van der Waals surface area contributed by atoms with Crippen LogP contribution in [0.25, 0.3) is 0 Å². The summed E-state index contributed by atoms with van der Waals surface area (Å²) < 4.78 is 10.1. The topological polar surface area (TPSA) is 153 Å². The van der Waals surface area contributed by atoms with Gasteiger partial charge in [-0.1, -0.05) is 35.0 Å².